The first-order valence-electron chi connectivity index (χ1n) is 15.3. The molecule has 4 aromatic rings. The summed E-state index contributed by atoms with van der Waals surface area (Å²) in [7, 11) is 3.70. The van der Waals surface area contributed by atoms with Crippen LogP contribution in [0.3, 0.4) is 0 Å². The number of rotatable bonds is 10. The lowest BCUT2D eigenvalue weighted by atomic mass is 10.0. The number of hydrogen-bond donors (Lipinski definition) is 3. The molecule has 242 valence electrons. The van der Waals surface area contributed by atoms with Crippen molar-refractivity contribution in [3.05, 3.63) is 97.0 Å². The fraction of sp³-hybridized carbons (Fsp3) is 0.265. The summed E-state index contributed by atoms with van der Waals surface area (Å²) >= 11 is 0. The second-order valence-electron chi connectivity index (χ2n) is 11.2. The van der Waals surface area contributed by atoms with E-state index in [-0.39, 0.29) is 17.9 Å². The van der Waals surface area contributed by atoms with Crippen LogP contribution >= 0.6 is 0 Å². The Kier molecular flexibility index (Phi) is 9.55. The number of methoxy groups -OCH3 is 1. The van der Waals surface area contributed by atoms with E-state index < -0.39 is 0 Å². The molecule has 2 aromatic heterocycles. The van der Waals surface area contributed by atoms with Crippen molar-refractivity contribution in [2.75, 3.05) is 72.9 Å². The molecule has 13 nitrogen and oxygen atoms in total. The molecule has 0 saturated carbocycles. The Morgan fingerprint density at radius 3 is 2.57 bits per heavy atom. The third kappa shape index (κ3) is 7.32. The first-order chi connectivity index (χ1) is 22.9. The van der Waals surface area contributed by atoms with Gasteiger partial charge in [-0.1, -0.05) is 24.8 Å². The highest BCUT2D eigenvalue weighted by Crippen LogP contribution is 2.40. The van der Waals surface area contributed by atoms with Gasteiger partial charge in [0.1, 0.15) is 23.7 Å². The Morgan fingerprint density at radius 1 is 0.957 bits per heavy atom. The van der Waals surface area contributed by atoms with Gasteiger partial charge in [-0.05, 0) is 49.0 Å². The largest absolute Gasteiger partial charge is 0.494 e. The Balaban J connectivity index is 1.24. The zero-order chi connectivity index (χ0) is 32.8. The number of benzene rings is 2. The molecule has 0 bridgehead atoms. The normalized spacial score (nSPS) is 16.4. The molecule has 2 fully saturated rings. The van der Waals surface area contributed by atoms with Crippen LogP contribution in [0.4, 0.5) is 34.5 Å². The molecule has 3 N–H and O–H groups in total. The van der Waals surface area contributed by atoms with Gasteiger partial charge in [-0.25, -0.2) is 20.0 Å². The summed E-state index contributed by atoms with van der Waals surface area (Å²) in [5.74, 6) is 1.56. The number of piperazine rings is 1. The van der Waals surface area contributed by atoms with E-state index in [4.69, 9.17) is 9.57 Å². The van der Waals surface area contributed by atoms with Crippen molar-refractivity contribution in [3.8, 4) is 5.75 Å². The predicted octanol–water partition coefficient (Wildman–Crippen LogP) is 4.64. The number of anilines is 6. The van der Waals surface area contributed by atoms with E-state index in [1.54, 1.807) is 42.6 Å². The summed E-state index contributed by atoms with van der Waals surface area (Å²) in [5, 5.41) is 10.9. The number of aromatic nitrogens is 3. The van der Waals surface area contributed by atoms with Gasteiger partial charge < -0.3 is 30.5 Å². The number of ether oxygens (including phenoxy) is 1. The number of hydroxylamine groups is 1. The van der Waals surface area contributed by atoms with Crippen LogP contribution in [0.1, 0.15) is 28.4 Å². The Morgan fingerprint density at radius 2 is 1.81 bits per heavy atom. The maximum absolute atomic E-state index is 13.0. The summed E-state index contributed by atoms with van der Waals surface area (Å²) in [4.78, 5) is 49.0. The highest BCUT2D eigenvalue weighted by atomic mass is 16.7. The third-order valence-electron chi connectivity index (χ3n) is 8.09. The minimum atomic E-state index is -0.309. The van der Waals surface area contributed by atoms with Gasteiger partial charge in [0.15, 0.2) is 5.82 Å². The molecule has 0 aliphatic carbocycles. The van der Waals surface area contributed by atoms with E-state index in [1.165, 1.54) is 12.4 Å². The van der Waals surface area contributed by atoms with Crippen molar-refractivity contribution < 1.29 is 19.2 Å². The Bertz CT molecular complexity index is 1750. The van der Waals surface area contributed by atoms with E-state index in [9.17, 15) is 9.59 Å². The number of nitrogens with one attached hydrogen (secondary N) is 3. The fourth-order valence-electron chi connectivity index (χ4n) is 5.61. The molecule has 2 aromatic carbocycles. The molecule has 13 heteroatoms. The van der Waals surface area contributed by atoms with Gasteiger partial charge >= 0.3 is 0 Å². The van der Waals surface area contributed by atoms with Crippen molar-refractivity contribution in [1.82, 2.24) is 19.9 Å². The highest BCUT2D eigenvalue weighted by Gasteiger charge is 2.30. The SMILES string of the molecule is C=CC(=O)Nc1cc(Nc2cc(N3OCC[C@@H]3c3cccc(C(=O)Nc4ccccn4)c3)ncn2)c(OC)cc1N1CCN(C)CC1. The summed E-state index contributed by atoms with van der Waals surface area (Å²) in [6.07, 6.45) is 5.03. The van der Waals surface area contributed by atoms with Crippen LogP contribution in [0, 0.1) is 0 Å². The molecular weight excluding hydrogens is 598 g/mol. The molecule has 0 spiro atoms. The van der Waals surface area contributed by atoms with Crippen LogP contribution in [0.15, 0.2) is 85.8 Å². The molecule has 2 aliphatic heterocycles. The average molecular weight is 636 g/mol. The molecular formula is C34H37N9O4. The van der Waals surface area contributed by atoms with Crippen molar-refractivity contribution in [2.45, 2.75) is 12.5 Å². The average Bonchev–Trinajstić information content (AvgIpc) is 3.60. The lowest BCUT2D eigenvalue weighted by Crippen LogP contribution is -2.44. The lowest BCUT2D eigenvalue weighted by Gasteiger charge is -2.35. The van der Waals surface area contributed by atoms with Crippen LogP contribution in [0.25, 0.3) is 0 Å². The second kappa shape index (κ2) is 14.3. The number of pyridine rings is 1. The first kappa shape index (κ1) is 31.5. The number of carbonyl (C=O) groups excluding carboxylic acids is 2. The maximum Gasteiger partial charge on any atom is 0.256 e. The molecule has 0 radical (unpaired) electrons. The van der Waals surface area contributed by atoms with Crippen molar-refractivity contribution >= 4 is 46.3 Å². The van der Waals surface area contributed by atoms with Gasteiger partial charge in [0.05, 0.1) is 36.8 Å². The Hall–Kier alpha value is -5.53. The van der Waals surface area contributed by atoms with Gasteiger partial charge in [-0.3, -0.25) is 14.4 Å². The molecule has 1 atom stereocenters. The monoisotopic (exact) mass is 635 g/mol. The summed E-state index contributed by atoms with van der Waals surface area (Å²) < 4.78 is 5.78. The van der Waals surface area contributed by atoms with Crippen LogP contribution in [-0.2, 0) is 9.63 Å². The molecule has 2 amide bonds. The van der Waals surface area contributed by atoms with Gasteiger partial charge in [-0.15, -0.1) is 0 Å². The van der Waals surface area contributed by atoms with E-state index >= 15 is 0 Å². The van der Waals surface area contributed by atoms with E-state index in [0.717, 1.165) is 37.4 Å². The van der Waals surface area contributed by atoms with E-state index in [1.807, 2.05) is 36.4 Å². The fourth-order valence-corrected chi connectivity index (χ4v) is 5.61. The third-order valence-corrected chi connectivity index (χ3v) is 8.09. The lowest BCUT2D eigenvalue weighted by molar-refractivity contribution is -0.111. The number of carbonyl (C=O) groups is 2. The molecule has 0 unspecified atom stereocenters. The Labute approximate surface area is 273 Å². The van der Waals surface area contributed by atoms with E-state index in [0.29, 0.717) is 53.2 Å². The second-order valence-corrected chi connectivity index (χ2v) is 11.2. The van der Waals surface area contributed by atoms with Gasteiger partial charge in [0, 0.05) is 56.5 Å². The quantitative estimate of drug-likeness (QED) is 0.210. The number of likely N-dealkylation sites (N-methyl/N-ethyl adjacent to an activating group) is 1. The molecule has 6 rings (SSSR count). The number of amides is 2. The zero-order valence-corrected chi connectivity index (χ0v) is 26.3. The molecule has 2 aliphatic rings. The number of nitrogens with zero attached hydrogens (tertiary/aromatic N) is 6. The smallest absolute Gasteiger partial charge is 0.256 e. The first-order valence-corrected chi connectivity index (χ1v) is 15.3. The topological polar surface area (TPSA) is 137 Å². The van der Waals surface area contributed by atoms with Crippen molar-refractivity contribution in [2.24, 2.45) is 0 Å². The summed E-state index contributed by atoms with van der Waals surface area (Å²) in [6, 6.07) is 18.2. The summed E-state index contributed by atoms with van der Waals surface area (Å²) in [5.41, 5.74) is 3.53. The maximum atomic E-state index is 13.0. The minimum Gasteiger partial charge on any atom is -0.494 e. The zero-order valence-electron chi connectivity index (χ0n) is 26.3. The van der Waals surface area contributed by atoms with Crippen molar-refractivity contribution in [1.29, 1.82) is 0 Å². The van der Waals surface area contributed by atoms with Gasteiger partial charge in [-0.2, -0.15) is 0 Å². The predicted molar refractivity (Wildman–Crippen MR) is 181 cm³/mol. The van der Waals surface area contributed by atoms with Crippen LogP contribution < -0.4 is 30.7 Å². The standard InChI is InChI=1S/C34H37N9O4/c1-4-33(44)39-25-19-26(29(46-3)20-28(25)42-15-13-41(2)14-16-42)38-31-21-32(37-22-36-31)43-27(11-17-47-43)23-8-7-9-24(18-23)34(45)40-30-10-5-6-12-35-30/h4-10,12,18-22,27H,1,11,13-17H2,2-3H3,(H,39,44)(H,35,40,45)(H,36,37,38)/t27-/m1/s1. The van der Waals surface area contributed by atoms with Gasteiger partial charge in [0.25, 0.3) is 5.91 Å². The highest BCUT2D eigenvalue weighted by molar-refractivity contribution is 6.04. The van der Waals surface area contributed by atoms with E-state index in [2.05, 4.69) is 54.3 Å². The molecule has 4 heterocycles. The van der Waals surface area contributed by atoms with Gasteiger partial charge in [0.2, 0.25) is 5.91 Å². The van der Waals surface area contributed by atoms with Crippen molar-refractivity contribution in [3.63, 3.8) is 0 Å². The molecule has 2 saturated heterocycles. The van der Waals surface area contributed by atoms with Crippen LogP contribution in [0.5, 0.6) is 5.75 Å². The molecule has 47 heavy (non-hydrogen) atoms. The summed E-state index contributed by atoms with van der Waals surface area (Å²) in [6.45, 7) is 7.53. The van der Waals surface area contributed by atoms with Crippen LogP contribution in [0.2, 0.25) is 0 Å². The minimum absolute atomic E-state index is 0.182. The number of hydrogen-bond acceptors (Lipinski definition) is 11. The van der Waals surface area contributed by atoms with Crippen LogP contribution in [-0.4, -0.2) is 78.6 Å².